The molecule has 1 heterocycles. The standard InChI is InChI=1S/C21H28N4O2S/c1-3-12-25(20(27)16-8-4-5-9-16)13-11-18(26)22-21-24-23-19(28-21)17-10-6-7-15(2)14-17/h6-7,10,14,16H,3-5,8-9,11-13H2,1-2H3,(H,22,24,26). The molecule has 0 radical (unpaired) electrons. The third-order valence-corrected chi connectivity index (χ3v) is 5.94. The largest absolute Gasteiger partial charge is 0.342 e. The Labute approximate surface area is 170 Å². The normalized spacial score (nSPS) is 14.2. The number of nitrogens with zero attached hydrogens (tertiary/aromatic N) is 3. The number of nitrogens with one attached hydrogen (secondary N) is 1. The molecule has 28 heavy (non-hydrogen) atoms. The minimum absolute atomic E-state index is 0.132. The van der Waals surface area contributed by atoms with Crippen molar-refractivity contribution in [1.82, 2.24) is 15.1 Å². The van der Waals surface area contributed by atoms with Crippen LogP contribution in [0.1, 0.15) is 51.0 Å². The molecular weight excluding hydrogens is 372 g/mol. The Kier molecular flexibility index (Phi) is 7.14. The van der Waals surface area contributed by atoms with E-state index in [4.69, 9.17) is 0 Å². The third-order valence-electron chi connectivity index (χ3n) is 5.05. The van der Waals surface area contributed by atoms with Gasteiger partial charge in [-0.3, -0.25) is 9.59 Å². The van der Waals surface area contributed by atoms with Gasteiger partial charge < -0.3 is 10.2 Å². The van der Waals surface area contributed by atoms with Crippen molar-refractivity contribution in [3.63, 3.8) is 0 Å². The number of anilines is 1. The molecule has 2 amide bonds. The SMILES string of the molecule is CCCN(CCC(=O)Nc1nnc(-c2cccc(C)c2)s1)C(=O)C1CCCC1. The zero-order chi connectivity index (χ0) is 19.9. The summed E-state index contributed by atoms with van der Waals surface area (Å²) in [6, 6.07) is 8.04. The number of carbonyl (C=O) groups excluding carboxylic acids is 2. The molecule has 2 aromatic rings. The van der Waals surface area contributed by atoms with Crippen LogP contribution in [0.3, 0.4) is 0 Å². The zero-order valence-electron chi connectivity index (χ0n) is 16.6. The van der Waals surface area contributed by atoms with Gasteiger partial charge in [0.25, 0.3) is 0 Å². The first-order valence-corrected chi connectivity index (χ1v) is 10.9. The summed E-state index contributed by atoms with van der Waals surface area (Å²) in [5.74, 6) is 0.228. The molecule has 6 nitrogen and oxygen atoms in total. The van der Waals surface area contributed by atoms with Gasteiger partial charge in [-0.05, 0) is 32.3 Å². The summed E-state index contributed by atoms with van der Waals surface area (Å²) < 4.78 is 0. The third kappa shape index (κ3) is 5.38. The Morgan fingerprint density at radius 1 is 1.21 bits per heavy atom. The van der Waals surface area contributed by atoms with Crippen LogP contribution in [0.15, 0.2) is 24.3 Å². The molecule has 0 bridgehead atoms. The van der Waals surface area contributed by atoms with Crippen molar-refractivity contribution in [2.24, 2.45) is 5.92 Å². The van der Waals surface area contributed by atoms with Gasteiger partial charge in [0, 0.05) is 31.0 Å². The summed E-state index contributed by atoms with van der Waals surface area (Å²) in [7, 11) is 0. The van der Waals surface area contributed by atoms with Crippen molar-refractivity contribution < 1.29 is 9.59 Å². The second-order valence-electron chi connectivity index (χ2n) is 7.39. The fourth-order valence-corrected chi connectivity index (χ4v) is 4.38. The van der Waals surface area contributed by atoms with Crippen molar-refractivity contribution in [2.45, 2.75) is 52.4 Å². The molecule has 150 valence electrons. The molecule has 0 aliphatic heterocycles. The van der Waals surface area contributed by atoms with E-state index in [9.17, 15) is 9.59 Å². The van der Waals surface area contributed by atoms with E-state index >= 15 is 0 Å². The van der Waals surface area contributed by atoms with Crippen LogP contribution in [-0.2, 0) is 9.59 Å². The maximum atomic E-state index is 12.7. The molecule has 3 rings (SSSR count). The Morgan fingerprint density at radius 2 is 2.00 bits per heavy atom. The summed E-state index contributed by atoms with van der Waals surface area (Å²) in [6.45, 7) is 5.25. The average Bonchev–Trinajstić information content (AvgIpc) is 3.37. The van der Waals surface area contributed by atoms with Gasteiger partial charge in [0.15, 0.2) is 0 Å². The molecule has 1 fully saturated rings. The van der Waals surface area contributed by atoms with Crippen LogP contribution in [0, 0.1) is 12.8 Å². The van der Waals surface area contributed by atoms with E-state index in [0.29, 0.717) is 18.2 Å². The first kappa shape index (κ1) is 20.5. The van der Waals surface area contributed by atoms with Crippen molar-refractivity contribution in [1.29, 1.82) is 0 Å². The lowest BCUT2D eigenvalue weighted by Gasteiger charge is -2.25. The van der Waals surface area contributed by atoms with Gasteiger partial charge in [-0.15, -0.1) is 10.2 Å². The highest BCUT2D eigenvalue weighted by Gasteiger charge is 2.27. The van der Waals surface area contributed by atoms with Crippen molar-refractivity contribution in [2.75, 3.05) is 18.4 Å². The Balaban J connectivity index is 1.53. The van der Waals surface area contributed by atoms with E-state index in [1.165, 1.54) is 11.3 Å². The molecule has 1 aromatic heterocycles. The van der Waals surface area contributed by atoms with Gasteiger partial charge in [-0.1, -0.05) is 54.9 Å². The second kappa shape index (κ2) is 9.78. The second-order valence-corrected chi connectivity index (χ2v) is 8.36. The molecule has 0 saturated heterocycles. The molecule has 1 aromatic carbocycles. The summed E-state index contributed by atoms with van der Waals surface area (Å²) in [6.07, 6.45) is 5.41. The summed E-state index contributed by atoms with van der Waals surface area (Å²) >= 11 is 1.36. The number of amides is 2. The maximum absolute atomic E-state index is 12.7. The Morgan fingerprint density at radius 3 is 2.71 bits per heavy atom. The van der Waals surface area contributed by atoms with Crippen LogP contribution in [0.4, 0.5) is 5.13 Å². The number of hydrogen-bond acceptors (Lipinski definition) is 5. The number of rotatable bonds is 8. The van der Waals surface area contributed by atoms with Gasteiger partial charge in [-0.2, -0.15) is 0 Å². The van der Waals surface area contributed by atoms with E-state index in [1.807, 2.05) is 36.1 Å². The highest BCUT2D eigenvalue weighted by atomic mass is 32.1. The van der Waals surface area contributed by atoms with Crippen LogP contribution in [0.2, 0.25) is 0 Å². The monoisotopic (exact) mass is 400 g/mol. The predicted octanol–water partition coefficient (Wildman–Crippen LogP) is 4.27. The average molecular weight is 401 g/mol. The quantitative estimate of drug-likeness (QED) is 0.718. The predicted molar refractivity (Wildman–Crippen MR) is 112 cm³/mol. The number of carbonyl (C=O) groups is 2. The molecule has 1 aliphatic carbocycles. The lowest BCUT2D eigenvalue weighted by molar-refractivity contribution is -0.135. The lowest BCUT2D eigenvalue weighted by atomic mass is 10.1. The van der Waals surface area contributed by atoms with Crippen molar-refractivity contribution in [3.8, 4) is 10.6 Å². The molecule has 0 unspecified atom stereocenters. The summed E-state index contributed by atoms with van der Waals surface area (Å²) in [5.41, 5.74) is 2.15. The van der Waals surface area contributed by atoms with Crippen molar-refractivity contribution in [3.05, 3.63) is 29.8 Å². The molecular formula is C21H28N4O2S. The van der Waals surface area contributed by atoms with Gasteiger partial charge in [0.2, 0.25) is 16.9 Å². The van der Waals surface area contributed by atoms with Crippen LogP contribution in [-0.4, -0.2) is 40.0 Å². The van der Waals surface area contributed by atoms with E-state index in [0.717, 1.165) is 48.2 Å². The molecule has 1 N–H and O–H groups in total. The molecule has 0 spiro atoms. The van der Waals surface area contributed by atoms with Gasteiger partial charge >= 0.3 is 0 Å². The van der Waals surface area contributed by atoms with Crippen LogP contribution < -0.4 is 5.32 Å². The van der Waals surface area contributed by atoms with Crippen LogP contribution >= 0.6 is 11.3 Å². The van der Waals surface area contributed by atoms with Gasteiger partial charge in [-0.25, -0.2) is 0 Å². The molecule has 1 aliphatic rings. The number of benzene rings is 1. The molecule has 0 atom stereocenters. The van der Waals surface area contributed by atoms with Crippen LogP contribution in [0.5, 0.6) is 0 Å². The van der Waals surface area contributed by atoms with E-state index in [1.54, 1.807) is 0 Å². The van der Waals surface area contributed by atoms with Crippen molar-refractivity contribution >= 4 is 28.3 Å². The molecule has 1 saturated carbocycles. The smallest absolute Gasteiger partial charge is 0.227 e. The van der Waals surface area contributed by atoms with Crippen LogP contribution in [0.25, 0.3) is 10.6 Å². The van der Waals surface area contributed by atoms with E-state index in [2.05, 4.69) is 22.4 Å². The topological polar surface area (TPSA) is 75.2 Å². The Bertz CT molecular complexity index is 814. The minimum Gasteiger partial charge on any atom is -0.342 e. The Hall–Kier alpha value is -2.28. The first-order valence-electron chi connectivity index (χ1n) is 10.1. The lowest BCUT2D eigenvalue weighted by Crippen LogP contribution is -2.38. The first-order chi connectivity index (χ1) is 13.6. The number of aryl methyl sites for hydroxylation is 1. The zero-order valence-corrected chi connectivity index (χ0v) is 17.4. The fraction of sp³-hybridized carbons (Fsp3) is 0.524. The van der Waals surface area contributed by atoms with E-state index in [-0.39, 0.29) is 24.2 Å². The highest BCUT2D eigenvalue weighted by Crippen LogP contribution is 2.28. The number of aromatic nitrogens is 2. The maximum Gasteiger partial charge on any atom is 0.227 e. The molecule has 7 heteroatoms. The van der Waals surface area contributed by atoms with Gasteiger partial charge in [0.05, 0.1) is 0 Å². The minimum atomic E-state index is -0.132. The number of hydrogen-bond donors (Lipinski definition) is 1. The summed E-state index contributed by atoms with van der Waals surface area (Å²) in [4.78, 5) is 26.9. The summed E-state index contributed by atoms with van der Waals surface area (Å²) in [5, 5.41) is 12.3. The highest BCUT2D eigenvalue weighted by molar-refractivity contribution is 7.18. The van der Waals surface area contributed by atoms with E-state index < -0.39 is 0 Å². The fourth-order valence-electron chi connectivity index (χ4n) is 3.62. The van der Waals surface area contributed by atoms with Gasteiger partial charge in [0.1, 0.15) is 5.01 Å².